The molecule has 0 atom stereocenters. The van der Waals surface area contributed by atoms with Crippen LogP contribution in [0.5, 0.6) is 0 Å². The smallest absolute Gasteiger partial charge is 0.251 e. The molecule has 4 nitrogen and oxygen atoms in total. The standard InChI is InChI=1S/C28H46N2O2/c29-27(31)25(21-13-5-1-6-14-21)26(22-15-7-2-8-16-22)28(32)30(23-17-9-3-10-18-23)24-19-11-4-12-20-24/h21-24H,1-20H2,(H2,29,31)/b26-25+. The van der Waals surface area contributed by atoms with E-state index < -0.39 is 0 Å². The van der Waals surface area contributed by atoms with E-state index in [-0.39, 0.29) is 23.7 Å². The normalized spacial score (nSPS) is 25.9. The van der Waals surface area contributed by atoms with Gasteiger partial charge in [0.25, 0.3) is 5.91 Å². The lowest BCUT2D eigenvalue weighted by molar-refractivity contribution is -0.135. The highest BCUT2D eigenvalue weighted by molar-refractivity contribution is 6.05. The van der Waals surface area contributed by atoms with Crippen molar-refractivity contribution in [1.29, 1.82) is 0 Å². The van der Waals surface area contributed by atoms with Crippen molar-refractivity contribution in [2.45, 2.75) is 141 Å². The minimum Gasteiger partial charge on any atom is -0.366 e. The fourth-order valence-corrected chi connectivity index (χ4v) is 7.33. The van der Waals surface area contributed by atoms with Crippen LogP contribution in [-0.2, 0) is 9.59 Å². The molecule has 180 valence electrons. The molecule has 0 aromatic rings. The van der Waals surface area contributed by atoms with E-state index in [2.05, 4.69) is 4.90 Å². The largest absolute Gasteiger partial charge is 0.366 e. The van der Waals surface area contributed by atoms with E-state index in [1.54, 1.807) is 0 Å². The van der Waals surface area contributed by atoms with Crippen molar-refractivity contribution in [1.82, 2.24) is 4.90 Å². The SMILES string of the molecule is NC(=O)/C(=C(/C(=O)N(C1CCCCC1)C1CCCCC1)C1CCCCC1)C1CCCCC1. The Morgan fingerprint density at radius 3 is 1.22 bits per heavy atom. The Bertz CT molecular complexity index is 643. The van der Waals surface area contributed by atoms with Crippen LogP contribution in [-0.4, -0.2) is 28.8 Å². The molecule has 0 spiro atoms. The first-order valence-corrected chi connectivity index (χ1v) is 14.0. The third kappa shape index (κ3) is 5.59. The van der Waals surface area contributed by atoms with E-state index in [0.29, 0.717) is 12.1 Å². The van der Waals surface area contributed by atoms with Gasteiger partial charge in [0.15, 0.2) is 0 Å². The van der Waals surface area contributed by atoms with E-state index in [1.807, 2.05) is 0 Å². The summed E-state index contributed by atoms with van der Waals surface area (Å²) in [4.78, 5) is 29.9. The lowest BCUT2D eigenvalue weighted by atomic mass is 9.74. The number of amides is 2. The van der Waals surface area contributed by atoms with Gasteiger partial charge in [0, 0.05) is 23.2 Å². The van der Waals surface area contributed by atoms with Crippen LogP contribution in [0.1, 0.15) is 128 Å². The number of primary amides is 1. The highest BCUT2D eigenvalue weighted by Crippen LogP contribution is 2.40. The first-order valence-electron chi connectivity index (χ1n) is 14.0. The average molecular weight is 443 g/mol. The van der Waals surface area contributed by atoms with Gasteiger partial charge in [0.1, 0.15) is 0 Å². The van der Waals surface area contributed by atoms with Gasteiger partial charge in [-0.2, -0.15) is 0 Å². The van der Waals surface area contributed by atoms with Crippen molar-refractivity contribution in [3.05, 3.63) is 11.1 Å². The average Bonchev–Trinajstić information content (AvgIpc) is 2.84. The van der Waals surface area contributed by atoms with Gasteiger partial charge in [-0.15, -0.1) is 0 Å². The molecule has 4 heteroatoms. The molecule has 2 N–H and O–H groups in total. The summed E-state index contributed by atoms with van der Waals surface area (Å²) in [5.74, 6) is 0.338. The number of rotatable bonds is 6. The van der Waals surface area contributed by atoms with Crippen molar-refractivity contribution < 1.29 is 9.59 Å². The van der Waals surface area contributed by atoms with Crippen LogP contribution in [0.15, 0.2) is 11.1 Å². The Labute approximate surface area is 195 Å². The van der Waals surface area contributed by atoms with Crippen LogP contribution in [0.3, 0.4) is 0 Å². The number of carbonyl (C=O) groups is 2. The minimum absolute atomic E-state index is 0.196. The first-order chi connectivity index (χ1) is 15.7. The molecule has 0 heterocycles. The maximum Gasteiger partial charge on any atom is 0.251 e. The van der Waals surface area contributed by atoms with Crippen LogP contribution in [0.4, 0.5) is 0 Å². The van der Waals surface area contributed by atoms with Crippen molar-refractivity contribution in [2.24, 2.45) is 17.6 Å². The molecule has 2 amide bonds. The quantitative estimate of drug-likeness (QED) is 0.482. The second kappa shape index (κ2) is 11.7. The van der Waals surface area contributed by atoms with Crippen molar-refractivity contribution in [3.63, 3.8) is 0 Å². The molecule has 4 aliphatic carbocycles. The highest BCUT2D eigenvalue weighted by atomic mass is 16.2. The van der Waals surface area contributed by atoms with Gasteiger partial charge >= 0.3 is 0 Å². The third-order valence-corrected chi connectivity index (χ3v) is 8.98. The summed E-state index contributed by atoms with van der Waals surface area (Å²) in [7, 11) is 0. The second-order valence-corrected chi connectivity index (χ2v) is 11.2. The summed E-state index contributed by atoms with van der Waals surface area (Å²) in [6.45, 7) is 0. The first kappa shape index (κ1) is 23.8. The summed E-state index contributed by atoms with van der Waals surface area (Å²) < 4.78 is 0. The molecule has 0 aromatic heterocycles. The Kier molecular flexibility index (Phi) is 8.71. The lowest BCUT2D eigenvalue weighted by Crippen LogP contribution is -2.50. The van der Waals surface area contributed by atoms with Crippen LogP contribution in [0.2, 0.25) is 0 Å². The lowest BCUT2D eigenvalue weighted by Gasteiger charge is -2.44. The topological polar surface area (TPSA) is 63.4 Å². The van der Waals surface area contributed by atoms with Crippen LogP contribution < -0.4 is 5.73 Å². The summed E-state index contributed by atoms with van der Waals surface area (Å²) in [6.07, 6.45) is 23.3. The molecule has 4 aliphatic rings. The van der Waals surface area contributed by atoms with Gasteiger partial charge < -0.3 is 10.6 Å². The van der Waals surface area contributed by atoms with Gasteiger partial charge in [0.2, 0.25) is 5.91 Å². The second-order valence-electron chi connectivity index (χ2n) is 11.2. The third-order valence-electron chi connectivity index (χ3n) is 8.98. The van der Waals surface area contributed by atoms with E-state index in [9.17, 15) is 9.59 Å². The molecule has 0 aliphatic heterocycles. The van der Waals surface area contributed by atoms with Crippen LogP contribution in [0.25, 0.3) is 0 Å². The molecule has 4 rings (SSSR count). The molecule has 0 bridgehead atoms. The monoisotopic (exact) mass is 442 g/mol. The summed E-state index contributed by atoms with van der Waals surface area (Å²) in [5, 5.41) is 0. The molecular formula is C28H46N2O2. The fourth-order valence-electron chi connectivity index (χ4n) is 7.33. The molecule has 0 radical (unpaired) electrons. The van der Waals surface area contributed by atoms with Gasteiger partial charge in [-0.05, 0) is 63.2 Å². The van der Waals surface area contributed by atoms with E-state index in [1.165, 1.54) is 64.2 Å². The van der Waals surface area contributed by atoms with Gasteiger partial charge in [-0.3, -0.25) is 9.59 Å². The Hall–Kier alpha value is -1.32. The number of carbonyl (C=O) groups excluding carboxylic acids is 2. The molecule has 0 unspecified atom stereocenters. The van der Waals surface area contributed by atoms with E-state index in [0.717, 1.165) is 75.4 Å². The maximum absolute atomic E-state index is 14.6. The molecule has 32 heavy (non-hydrogen) atoms. The fraction of sp³-hybridized carbons (Fsp3) is 0.857. The molecule has 0 aromatic carbocycles. The maximum atomic E-state index is 14.6. The van der Waals surface area contributed by atoms with Crippen molar-refractivity contribution in [3.8, 4) is 0 Å². The number of hydrogen-bond donors (Lipinski definition) is 1. The predicted molar refractivity (Wildman–Crippen MR) is 130 cm³/mol. The zero-order chi connectivity index (χ0) is 22.3. The van der Waals surface area contributed by atoms with Crippen molar-refractivity contribution in [2.75, 3.05) is 0 Å². The van der Waals surface area contributed by atoms with E-state index in [4.69, 9.17) is 5.73 Å². The highest BCUT2D eigenvalue weighted by Gasteiger charge is 2.39. The number of hydrogen-bond acceptors (Lipinski definition) is 2. The van der Waals surface area contributed by atoms with Gasteiger partial charge in [-0.1, -0.05) is 77.0 Å². The summed E-state index contributed by atoms with van der Waals surface area (Å²) in [5.41, 5.74) is 7.73. The van der Waals surface area contributed by atoms with Gasteiger partial charge in [-0.25, -0.2) is 0 Å². The van der Waals surface area contributed by atoms with Crippen LogP contribution >= 0.6 is 0 Å². The van der Waals surface area contributed by atoms with Crippen LogP contribution in [0, 0.1) is 11.8 Å². The predicted octanol–water partition coefficient (Wildman–Crippen LogP) is 6.42. The Morgan fingerprint density at radius 2 is 0.844 bits per heavy atom. The zero-order valence-electron chi connectivity index (χ0n) is 20.3. The molecule has 4 fully saturated rings. The molecular weight excluding hydrogens is 396 g/mol. The summed E-state index contributed by atoms with van der Waals surface area (Å²) >= 11 is 0. The zero-order valence-corrected chi connectivity index (χ0v) is 20.3. The number of nitrogens with two attached hydrogens (primary N) is 1. The van der Waals surface area contributed by atoms with Gasteiger partial charge in [0.05, 0.1) is 0 Å². The summed E-state index contributed by atoms with van der Waals surface area (Å²) in [6, 6.07) is 0.719. The molecule has 4 saturated carbocycles. The van der Waals surface area contributed by atoms with E-state index >= 15 is 0 Å². The number of nitrogens with zero attached hydrogens (tertiary/aromatic N) is 1. The Balaban J connectivity index is 1.74. The van der Waals surface area contributed by atoms with Crippen molar-refractivity contribution >= 4 is 11.8 Å². The minimum atomic E-state index is -0.307. The molecule has 0 saturated heterocycles. The Morgan fingerprint density at radius 1 is 0.500 bits per heavy atom.